The smallest absolute Gasteiger partial charge is 0.220 e. The molecule has 2 aliphatic rings. The third-order valence-electron chi connectivity index (χ3n) is 16.3. The molecule has 0 saturated carbocycles. The summed E-state index contributed by atoms with van der Waals surface area (Å²) in [5.41, 5.74) is 0. The quantitative estimate of drug-likeness (QED) is 0.0204. The molecule has 0 radical (unpaired) electrons. The van der Waals surface area contributed by atoms with Crippen molar-refractivity contribution in [3.63, 3.8) is 0 Å². The molecule has 14 nitrogen and oxygen atoms in total. The largest absolute Gasteiger partial charge is 0.394 e. The topological polar surface area (TPSA) is 228 Å². The Balaban J connectivity index is 1.72. The molecule has 0 bridgehead atoms. The number of hydrogen-bond acceptors (Lipinski definition) is 13. The van der Waals surface area contributed by atoms with Crippen molar-refractivity contribution >= 4 is 5.91 Å². The van der Waals surface area contributed by atoms with Gasteiger partial charge in [0.25, 0.3) is 0 Å². The average Bonchev–Trinajstić information content (AvgIpc) is 2.54. The maximum atomic E-state index is 13.3. The summed E-state index contributed by atoms with van der Waals surface area (Å²) in [5.74, 6) is -0.298. The van der Waals surface area contributed by atoms with Crippen LogP contribution in [0.1, 0.15) is 258 Å². The minimum atomic E-state index is -1.80. The van der Waals surface area contributed by atoms with Crippen molar-refractivity contribution in [3.8, 4) is 0 Å². The van der Waals surface area contributed by atoms with Crippen LogP contribution in [0.3, 0.4) is 0 Å². The summed E-state index contributed by atoms with van der Waals surface area (Å²) in [6.07, 6.45) is 61.8. The molecule has 12 atom stereocenters. The molecule has 0 aromatic rings. The maximum Gasteiger partial charge on any atom is 0.220 e. The van der Waals surface area contributed by atoms with Crippen molar-refractivity contribution < 1.29 is 64.6 Å². The number of unbranched alkanes of at least 4 members (excludes halogenated alkanes) is 28. The number of ether oxygens (including phenoxy) is 4. The van der Waals surface area contributed by atoms with Crippen molar-refractivity contribution in [1.29, 1.82) is 0 Å². The zero-order valence-corrected chi connectivity index (χ0v) is 53.8. The lowest BCUT2D eigenvalue weighted by Gasteiger charge is -2.46. The SMILES string of the molecule is CC/C=C\C/C=C\C/C=C\C/C=C\C/C=C\C/C=C\C/C=C\CCCC(=O)NC(COC1OC(CO)C(OC2OC(CO)C(O)C(O)C2O)C(O)C1O)C(O)/C=C/CCCCCCCCCCCCCCCCCCCCCCCCCCCCC. The molecule has 2 saturated heterocycles. The fourth-order valence-electron chi connectivity index (χ4n) is 10.8. The number of carbonyl (C=O) groups is 1. The summed E-state index contributed by atoms with van der Waals surface area (Å²) in [6.45, 7) is 2.66. The Morgan fingerprint density at radius 2 is 0.802 bits per heavy atom. The van der Waals surface area contributed by atoms with Crippen molar-refractivity contribution in [2.24, 2.45) is 0 Å². The summed E-state index contributed by atoms with van der Waals surface area (Å²) in [5, 5.41) is 87.3. The molecule has 496 valence electrons. The van der Waals surface area contributed by atoms with E-state index in [1.165, 1.54) is 161 Å². The van der Waals surface area contributed by atoms with Gasteiger partial charge in [0, 0.05) is 6.42 Å². The molecule has 2 aliphatic heterocycles. The van der Waals surface area contributed by atoms with E-state index in [2.05, 4.69) is 104 Å². The standard InChI is InChI=1S/C72H125NO13/c1-3-5-7-9-11-13-15-17-19-21-23-25-27-28-29-30-31-32-34-35-37-39-41-43-45-47-49-51-53-55-61(76)60(59-83-71-69(82)67(80)70(63(58-75)85-71)86-72-68(81)66(79)65(78)62(57-74)84-72)73-64(77)56-54-52-50-48-46-44-42-40-38-36-33-26-24-22-20-18-16-14-12-10-8-6-4-2/h6,8,12,14,18,20,24,26,36,38,42,44,48,50,53,55,60-63,65-72,74-76,78-82H,3-5,7,9-11,13,15-17,19,21-23,25,27-35,37,39-41,43,45-47,49,51-52,54,56-59H2,1-2H3,(H,73,77)/b8-6-,14-12-,20-18-,26-24-,38-36-,44-42-,50-48-,55-53+. The molecule has 0 aliphatic carbocycles. The summed E-state index contributed by atoms with van der Waals surface area (Å²) < 4.78 is 22.8. The number of carbonyl (C=O) groups excluding carboxylic acids is 1. The molecular weight excluding hydrogens is 1090 g/mol. The van der Waals surface area contributed by atoms with Gasteiger partial charge in [0.1, 0.15) is 48.8 Å². The first-order valence-corrected chi connectivity index (χ1v) is 34.5. The molecule has 0 aromatic carbocycles. The van der Waals surface area contributed by atoms with Gasteiger partial charge in [0.15, 0.2) is 12.6 Å². The Labute approximate surface area is 522 Å². The molecule has 0 aromatic heterocycles. The highest BCUT2D eigenvalue weighted by molar-refractivity contribution is 5.76. The van der Waals surface area contributed by atoms with Crippen LogP contribution in [-0.2, 0) is 23.7 Å². The summed E-state index contributed by atoms with van der Waals surface area (Å²) in [6, 6.07) is -0.954. The minimum absolute atomic E-state index is 0.196. The molecule has 2 heterocycles. The summed E-state index contributed by atoms with van der Waals surface area (Å²) in [4.78, 5) is 13.3. The van der Waals surface area contributed by atoms with Crippen LogP contribution in [0, 0.1) is 0 Å². The van der Waals surface area contributed by atoms with Gasteiger partial charge in [-0.3, -0.25) is 4.79 Å². The normalized spacial score (nSPS) is 24.0. The second-order valence-corrected chi connectivity index (χ2v) is 23.9. The molecule has 86 heavy (non-hydrogen) atoms. The predicted octanol–water partition coefficient (Wildman–Crippen LogP) is 13.8. The van der Waals surface area contributed by atoms with Crippen LogP contribution >= 0.6 is 0 Å². The van der Waals surface area contributed by atoms with Crippen LogP contribution in [-0.4, -0.2) is 140 Å². The Morgan fingerprint density at radius 3 is 1.22 bits per heavy atom. The van der Waals surface area contributed by atoms with Crippen LogP contribution in [0.5, 0.6) is 0 Å². The molecule has 0 spiro atoms. The lowest BCUT2D eigenvalue weighted by atomic mass is 9.97. The van der Waals surface area contributed by atoms with Gasteiger partial charge in [-0.2, -0.15) is 0 Å². The first-order valence-electron chi connectivity index (χ1n) is 34.5. The highest BCUT2D eigenvalue weighted by Gasteiger charge is 2.51. The van der Waals surface area contributed by atoms with Crippen molar-refractivity contribution in [3.05, 3.63) is 97.2 Å². The zero-order valence-electron chi connectivity index (χ0n) is 53.8. The molecule has 1 amide bonds. The van der Waals surface area contributed by atoms with E-state index >= 15 is 0 Å². The lowest BCUT2D eigenvalue weighted by molar-refractivity contribution is -0.359. The summed E-state index contributed by atoms with van der Waals surface area (Å²) >= 11 is 0. The first-order chi connectivity index (χ1) is 42.1. The summed E-state index contributed by atoms with van der Waals surface area (Å²) in [7, 11) is 0. The van der Waals surface area contributed by atoms with E-state index in [9.17, 15) is 45.6 Å². The van der Waals surface area contributed by atoms with E-state index in [4.69, 9.17) is 18.9 Å². The van der Waals surface area contributed by atoms with Crippen molar-refractivity contribution in [1.82, 2.24) is 5.32 Å². The second kappa shape index (κ2) is 55.9. The van der Waals surface area contributed by atoms with E-state index in [0.717, 1.165) is 64.2 Å². The molecule has 12 unspecified atom stereocenters. The maximum absolute atomic E-state index is 13.3. The number of aliphatic hydroxyl groups excluding tert-OH is 8. The monoisotopic (exact) mass is 1210 g/mol. The van der Waals surface area contributed by atoms with Gasteiger partial charge in [-0.25, -0.2) is 0 Å². The van der Waals surface area contributed by atoms with E-state index in [1.807, 2.05) is 6.08 Å². The first kappa shape index (κ1) is 79.0. The van der Waals surface area contributed by atoms with Crippen LogP contribution in [0.15, 0.2) is 97.2 Å². The molecule has 14 heteroatoms. The van der Waals surface area contributed by atoms with Gasteiger partial charge >= 0.3 is 0 Å². The Kier molecular flexibility index (Phi) is 51.4. The van der Waals surface area contributed by atoms with Gasteiger partial charge in [-0.15, -0.1) is 0 Å². The second-order valence-electron chi connectivity index (χ2n) is 23.9. The van der Waals surface area contributed by atoms with Crippen molar-refractivity contribution in [2.75, 3.05) is 19.8 Å². The third-order valence-corrected chi connectivity index (χ3v) is 16.3. The number of allylic oxidation sites excluding steroid dienone is 15. The van der Waals surface area contributed by atoms with E-state index in [1.54, 1.807) is 6.08 Å². The average molecular weight is 1210 g/mol. The van der Waals surface area contributed by atoms with Gasteiger partial charge in [-0.05, 0) is 70.6 Å². The van der Waals surface area contributed by atoms with Crippen LogP contribution in [0.2, 0.25) is 0 Å². The highest BCUT2D eigenvalue weighted by atomic mass is 16.7. The Bertz CT molecular complexity index is 1810. The van der Waals surface area contributed by atoms with E-state index < -0.39 is 86.8 Å². The molecular formula is C72H125NO13. The number of aliphatic hydroxyl groups is 8. The zero-order chi connectivity index (χ0) is 62.3. The number of rotatable bonds is 55. The van der Waals surface area contributed by atoms with Gasteiger partial charge in [0.2, 0.25) is 5.91 Å². The van der Waals surface area contributed by atoms with E-state index in [-0.39, 0.29) is 18.9 Å². The molecule has 2 rings (SSSR count). The number of hydrogen-bond donors (Lipinski definition) is 9. The van der Waals surface area contributed by atoms with Crippen LogP contribution < -0.4 is 5.32 Å². The molecule has 9 N–H and O–H groups in total. The molecule has 2 fully saturated rings. The minimum Gasteiger partial charge on any atom is -0.394 e. The lowest BCUT2D eigenvalue weighted by Crippen LogP contribution is -2.65. The predicted molar refractivity (Wildman–Crippen MR) is 350 cm³/mol. The fraction of sp³-hybridized carbons (Fsp3) is 0.764. The van der Waals surface area contributed by atoms with Crippen molar-refractivity contribution in [2.45, 2.75) is 331 Å². The Hall–Kier alpha value is -3.09. The highest BCUT2D eigenvalue weighted by Crippen LogP contribution is 2.30. The number of nitrogens with one attached hydrogen (secondary N) is 1. The third kappa shape index (κ3) is 39.8. The van der Waals surface area contributed by atoms with Crippen LogP contribution in [0.4, 0.5) is 0 Å². The Morgan fingerprint density at radius 1 is 0.430 bits per heavy atom. The van der Waals surface area contributed by atoms with Gasteiger partial charge in [0.05, 0.1) is 32.0 Å². The van der Waals surface area contributed by atoms with Crippen LogP contribution in [0.25, 0.3) is 0 Å². The van der Waals surface area contributed by atoms with Gasteiger partial charge in [-0.1, -0.05) is 278 Å². The fourth-order valence-corrected chi connectivity index (χ4v) is 10.8. The van der Waals surface area contributed by atoms with Gasteiger partial charge < -0.3 is 65.1 Å². The van der Waals surface area contributed by atoms with E-state index in [0.29, 0.717) is 12.8 Å². The number of amides is 1.